The van der Waals surface area contributed by atoms with E-state index < -0.39 is 5.20 Å². The van der Waals surface area contributed by atoms with Crippen LogP contribution in [0.25, 0.3) is 101 Å². The molecule has 105 heavy (non-hydrogen) atoms. The zero-order valence-corrected chi connectivity index (χ0v) is 65.6. The Morgan fingerprint density at radius 3 is 1.28 bits per heavy atom. The summed E-state index contributed by atoms with van der Waals surface area (Å²) >= 11 is 26.3. The van der Waals surface area contributed by atoms with Crippen LogP contribution in [0.2, 0.25) is 5.02 Å². The number of H-pyrrole nitrogens is 8. The van der Waals surface area contributed by atoms with Crippen LogP contribution in [0.1, 0.15) is 35.3 Å². The number of Topliss-reactive ketones (excluding diaryl/α,β-unsaturated/α-hetero) is 1. The standard InChI is InChI=1S/C12H11N3.C11H6ClIN4.C11H7IN4O.C11H8N4O.C11H11N3O.C9H8IN3.C7H8.Cl3OP/c1-2-6-10-11(14-15-12(10)13)9-7-4-3-5-8-9;12-8-7-9(6-4-2-1-3-5-6)14-16-11(7)17-15-10(8)13;12-10-9(17)7-8(6-4-2-1-3-5-6)13-15-11(7)16-14-10;16-8-6-12-14-11-9(8)10(13-15-11)7-4-2-1-3-5-7;1-7(15)9-10(13-14-11(9)12)8-5-3-2-4-6-8;10-7-8(12-13-9(7)11)6-4-2-1-3-5-6;1-7-5-3-2-4-6-7;1-5(2,3)4/h3-5,7-8H,1H3,(H3,13,14,15);1-5H,(H,14,16,17);1-5H,(H2,13,15,16,17);1-6H,(H2,13,14,15,16);2-6H,1H3,(H3,12,13,14);1-5H,(H3,11,12,13);2-6H,1H3;. The van der Waals surface area contributed by atoms with Gasteiger partial charge in [0.25, 0.3) is 0 Å². The third-order valence-electron chi connectivity index (χ3n) is 14.4. The first-order valence-electron chi connectivity index (χ1n) is 30.8. The fourth-order valence-electron chi connectivity index (χ4n) is 9.69. The number of aromatic nitrogens is 18. The van der Waals surface area contributed by atoms with E-state index in [2.05, 4.69) is 202 Å². The molecule has 16 rings (SSSR count). The number of aromatic amines is 8. The van der Waals surface area contributed by atoms with Crippen LogP contribution < -0.4 is 28.1 Å². The molecule has 0 aliphatic carbocycles. The van der Waals surface area contributed by atoms with Gasteiger partial charge in [-0.2, -0.15) is 40.8 Å². The lowest BCUT2D eigenvalue weighted by Crippen LogP contribution is -2.09. The molecule has 9 heterocycles. The number of nitrogens with one attached hydrogen (secondary N) is 8. The van der Waals surface area contributed by atoms with Crippen molar-refractivity contribution in [1.82, 2.24) is 91.8 Å². The molecule has 25 nitrogen and oxygen atoms in total. The van der Waals surface area contributed by atoms with Crippen molar-refractivity contribution in [2.75, 3.05) is 17.2 Å². The molecule has 0 fully saturated rings. The smallest absolute Gasteiger partial charge is 0.339 e. The van der Waals surface area contributed by atoms with Crippen molar-refractivity contribution in [3.05, 3.63) is 272 Å². The maximum atomic E-state index is 12.0. The van der Waals surface area contributed by atoms with Crippen molar-refractivity contribution in [3.8, 4) is 79.4 Å². The number of ketones is 1. The highest BCUT2D eigenvalue weighted by atomic mass is 127. The average Bonchev–Trinajstić information content (AvgIpc) is 1.66. The fourth-order valence-corrected chi connectivity index (χ4v) is 11.2. The molecule has 16 aromatic rings. The number of carbonyl (C=O) groups is 1. The maximum Gasteiger partial charge on any atom is 0.339 e. The Morgan fingerprint density at radius 2 is 0.829 bits per heavy atom. The van der Waals surface area contributed by atoms with Crippen molar-refractivity contribution in [1.29, 1.82) is 0 Å². The molecule has 33 heteroatoms. The average molecular weight is 1840 g/mol. The summed E-state index contributed by atoms with van der Waals surface area (Å²) in [5.41, 5.74) is 31.6. The number of halogens is 7. The second kappa shape index (κ2) is 38.4. The summed E-state index contributed by atoms with van der Waals surface area (Å²) in [4.78, 5) is 35.1. The summed E-state index contributed by atoms with van der Waals surface area (Å²) in [5, 5.41) is 61.4. The number of hydrogen-bond acceptors (Lipinski definition) is 17. The van der Waals surface area contributed by atoms with Gasteiger partial charge in [-0.15, -0.1) is 16.1 Å². The molecule has 14 N–H and O–H groups in total. The number of carbonyl (C=O) groups excluding carboxylic acids is 1. The highest BCUT2D eigenvalue weighted by molar-refractivity contribution is 14.1. The first kappa shape index (κ1) is 78.8. The largest absolute Gasteiger partial charge is 0.382 e. The van der Waals surface area contributed by atoms with Gasteiger partial charge in [0.1, 0.15) is 3.70 Å². The molecule has 0 spiro atoms. The Bertz CT molecular complexity index is 5730. The summed E-state index contributed by atoms with van der Waals surface area (Å²) in [6.45, 7) is 5.34. The SMILES string of the molecule is CC#Cc1c(N)n[nH]c1-c1ccccc1.CC(=O)c1c(N)n[nH]c1-c1ccccc1.Cc1ccccc1.Clc1c(I)nnc2n[nH]c(-c3ccccc3)c12.Nc1n[nH]c(-c2ccccc2)c1I.O=P(Cl)(Cl)Cl.O=c1c(I)n[nH]c2n[nH]c(-c3ccccc3)c12.O=c1cn[nH]c2n[nH]c(-c3ccccc3)c12. The number of rotatable bonds is 7. The van der Waals surface area contributed by atoms with E-state index in [4.69, 9.17) is 28.8 Å². The van der Waals surface area contributed by atoms with Crippen molar-refractivity contribution >= 4 is 175 Å². The summed E-state index contributed by atoms with van der Waals surface area (Å²) < 4.78 is 11.6. The van der Waals surface area contributed by atoms with Crippen molar-refractivity contribution in [2.24, 2.45) is 0 Å². The zero-order valence-electron chi connectivity index (χ0n) is 55.2. The van der Waals surface area contributed by atoms with Gasteiger partial charge in [-0.3, -0.25) is 59.7 Å². The minimum Gasteiger partial charge on any atom is -0.382 e. The molecule has 0 saturated heterocycles. The lowest BCUT2D eigenvalue weighted by atomic mass is 10.1. The fraction of sp³-hybridized carbons (Fsp3) is 0.0417. The van der Waals surface area contributed by atoms with E-state index in [-0.39, 0.29) is 22.5 Å². The van der Waals surface area contributed by atoms with Crippen LogP contribution in [0.15, 0.2) is 228 Å². The lowest BCUT2D eigenvalue weighted by Gasteiger charge is -2.00. The van der Waals surface area contributed by atoms with Crippen LogP contribution >= 0.6 is 118 Å². The van der Waals surface area contributed by atoms with Crippen molar-refractivity contribution in [2.45, 2.75) is 20.8 Å². The first-order valence-corrected chi connectivity index (χ1v) is 38.9. The van der Waals surface area contributed by atoms with Gasteiger partial charge in [-0.1, -0.05) is 235 Å². The van der Waals surface area contributed by atoms with Crippen molar-refractivity contribution in [3.63, 3.8) is 0 Å². The number of hydrogen-bond donors (Lipinski definition) is 11. The lowest BCUT2D eigenvalue weighted by molar-refractivity contribution is 0.101. The van der Waals surface area contributed by atoms with E-state index in [0.717, 1.165) is 76.4 Å². The molecule has 0 saturated carbocycles. The third-order valence-corrected chi connectivity index (χ3v) is 17.7. The zero-order chi connectivity index (χ0) is 75.0. The topological polar surface area (TPSA) is 402 Å². The van der Waals surface area contributed by atoms with Crippen LogP contribution in [0.5, 0.6) is 0 Å². The number of benzene rings is 7. The van der Waals surface area contributed by atoms with Crippen LogP contribution in [0.3, 0.4) is 0 Å². The van der Waals surface area contributed by atoms with Gasteiger partial charge >= 0.3 is 5.20 Å². The number of anilines is 3. The predicted molar refractivity (Wildman–Crippen MR) is 444 cm³/mol. The molecule has 9 aromatic heterocycles. The van der Waals surface area contributed by atoms with Crippen LogP contribution in [-0.2, 0) is 4.57 Å². The molecule has 0 amide bonds. The van der Waals surface area contributed by atoms with Gasteiger partial charge in [-0.05, 0) is 122 Å². The normalized spacial score (nSPS) is 10.4. The summed E-state index contributed by atoms with van der Waals surface area (Å²) in [6.07, 6.45) is 1.25. The molecule has 0 unspecified atom stereocenters. The Kier molecular flexibility index (Phi) is 28.8. The second-order valence-corrected chi connectivity index (χ2v) is 31.7. The molecular formula is C72H59Cl4I3N21O4P. The van der Waals surface area contributed by atoms with Crippen LogP contribution in [0, 0.1) is 29.7 Å². The van der Waals surface area contributed by atoms with Crippen LogP contribution in [-0.4, -0.2) is 97.6 Å². The maximum absolute atomic E-state index is 12.0. The van der Waals surface area contributed by atoms with Gasteiger partial charge in [-0.25, -0.2) is 0 Å². The van der Waals surface area contributed by atoms with Gasteiger partial charge < -0.3 is 17.2 Å². The minimum atomic E-state index is -3.22. The third kappa shape index (κ3) is 21.6. The molecule has 0 aliphatic heterocycles. The van der Waals surface area contributed by atoms with E-state index in [1.165, 1.54) is 18.7 Å². The van der Waals surface area contributed by atoms with E-state index >= 15 is 0 Å². The number of aryl methyl sites for hydroxylation is 1. The van der Waals surface area contributed by atoms with E-state index in [0.29, 0.717) is 63.0 Å². The highest BCUT2D eigenvalue weighted by Gasteiger charge is 2.19. The number of nitrogens with zero attached hydrogens (tertiary/aromatic N) is 10. The van der Waals surface area contributed by atoms with Crippen molar-refractivity contribution < 1.29 is 9.36 Å². The van der Waals surface area contributed by atoms with Gasteiger partial charge in [0, 0.05) is 33.4 Å². The minimum absolute atomic E-state index is 0.0832. The van der Waals surface area contributed by atoms with E-state index in [1.807, 2.05) is 223 Å². The molecular weight excluding hydrogens is 1780 g/mol. The van der Waals surface area contributed by atoms with Gasteiger partial charge in [0.05, 0.1) is 76.2 Å². The van der Waals surface area contributed by atoms with Crippen LogP contribution in [0.4, 0.5) is 17.5 Å². The monoisotopic (exact) mass is 1830 g/mol. The Balaban J connectivity index is 0.000000142. The van der Waals surface area contributed by atoms with Gasteiger partial charge in [0.15, 0.2) is 38.2 Å². The predicted octanol–water partition coefficient (Wildman–Crippen LogP) is 17.5. The molecule has 0 aliphatic rings. The summed E-state index contributed by atoms with van der Waals surface area (Å²) in [5.74, 6) is 6.96. The van der Waals surface area contributed by atoms with Gasteiger partial charge in [0.2, 0.25) is 16.5 Å². The highest BCUT2D eigenvalue weighted by Crippen LogP contribution is 2.61. The Labute approximate surface area is 658 Å². The quantitative estimate of drug-likeness (QED) is 0.0305. The number of nitrogen functional groups attached to an aromatic ring is 3. The molecule has 0 radical (unpaired) electrons. The second-order valence-electron chi connectivity index (χ2n) is 21.5. The molecule has 7 aromatic carbocycles. The molecule has 0 atom stereocenters. The number of nitrogens with two attached hydrogens (primary N) is 3. The Morgan fingerprint density at radius 1 is 0.448 bits per heavy atom. The first-order chi connectivity index (χ1) is 50.6. The van der Waals surface area contributed by atoms with E-state index in [9.17, 15) is 18.9 Å². The molecule has 530 valence electrons. The molecule has 0 bridgehead atoms. The number of fused-ring (bicyclic) bond motifs is 3. The van der Waals surface area contributed by atoms with E-state index in [1.54, 1.807) is 6.92 Å². The Hall–Kier alpha value is -10.4. The summed E-state index contributed by atoms with van der Waals surface area (Å²) in [6, 6.07) is 68.8. The summed E-state index contributed by atoms with van der Waals surface area (Å²) in [7, 11) is 0.